The maximum Gasteiger partial charge on any atom is 0.311 e. The molecule has 1 aliphatic carbocycles. The molecule has 1 aromatic carbocycles. The van der Waals surface area contributed by atoms with Crippen molar-refractivity contribution in [3.05, 3.63) is 56.9 Å². The van der Waals surface area contributed by atoms with Crippen molar-refractivity contribution >= 4 is 28.4 Å². The highest BCUT2D eigenvalue weighted by Crippen LogP contribution is 2.40. The normalized spacial score (nSPS) is 16.9. The van der Waals surface area contributed by atoms with Crippen molar-refractivity contribution in [2.75, 3.05) is 13.2 Å². The van der Waals surface area contributed by atoms with E-state index in [0.29, 0.717) is 72.6 Å². The van der Waals surface area contributed by atoms with Gasteiger partial charge >= 0.3 is 5.97 Å². The van der Waals surface area contributed by atoms with E-state index in [4.69, 9.17) is 14.8 Å². The monoisotopic (exact) mass is 631 g/mol. The van der Waals surface area contributed by atoms with Crippen molar-refractivity contribution in [3.63, 3.8) is 0 Å². The van der Waals surface area contributed by atoms with Crippen molar-refractivity contribution in [2.24, 2.45) is 0 Å². The standard InChI is InChI=1S/C36H45N3O7/c1-4-36(45)28-19-30-34-23(20-39(30)35(44)26(28)12-15-32(36)42)18-27-25(16-17-37-22(2)3)31(14-13-29(27)38-34)46-33(43)11-9-7-5-6-8-10-24(41)21-40/h13-14,18-19,22,37,40,45H,4-12,15-17,20-21H2,1-3H3/t36-/m0/s1. The molecule has 1 atom stereocenters. The number of Topliss-reactive ketones (excluding diaryl/α,β-unsaturated/α-hetero) is 2. The molecule has 3 heterocycles. The molecule has 10 heteroatoms. The molecule has 3 N–H and O–H groups in total. The van der Waals surface area contributed by atoms with Crippen molar-refractivity contribution in [2.45, 2.75) is 110 Å². The molecule has 46 heavy (non-hydrogen) atoms. The summed E-state index contributed by atoms with van der Waals surface area (Å²) in [6, 6.07) is 7.71. The van der Waals surface area contributed by atoms with Crippen LogP contribution in [0.3, 0.4) is 0 Å². The number of rotatable bonds is 15. The molecule has 0 saturated heterocycles. The molecule has 0 saturated carbocycles. The zero-order valence-corrected chi connectivity index (χ0v) is 27.1. The van der Waals surface area contributed by atoms with Crippen LogP contribution >= 0.6 is 0 Å². The molecule has 0 unspecified atom stereocenters. The Kier molecular flexibility index (Phi) is 10.5. The summed E-state index contributed by atoms with van der Waals surface area (Å²) in [7, 11) is 0. The van der Waals surface area contributed by atoms with E-state index in [1.807, 2.05) is 12.1 Å². The Hall–Kier alpha value is -3.73. The smallest absolute Gasteiger partial charge is 0.311 e. The predicted octanol–water partition coefficient (Wildman–Crippen LogP) is 4.28. The Balaban J connectivity index is 1.39. The van der Waals surface area contributed by atoms with Gasteiger partial charge in [0.2, 0.25) is 0 Å². The number of carbonyl (C=O) groups is 3. The lowest BCUT2D eigenvalue weighted by Crippen LogP contribution is -2.43. The van der Waals surface area contributed by atoms with Gasteiger partial charge < -0.3 is 24.8 Å². The number of ether oxygens (including phenoxy) is 1. The molecule has 2 aliphatic rings. The largest absolute Gasteiger partial charge is 0.426 e. The fraction of sp³-hybridized carbons (Fsp3) is 0.528. The van der Waals surface area contributed by atoms with Crippen molar-refractivity contribution in [3.8, 4) is 17.1 Å². The number of ketones is 2. The van der Waals surface area contributed by atoms with Crippen LogP contribution in [0.4, 0.5) is 0 Å². The number of hydrogen-bond donors (Lipinski definition) is 3. The van der Waals surface area contributed by atoms with Gasteiger partial charge in [-0.15, -0.1) is 0 Å². The molecule has 0 radical (unpaired) electrons. The van der Waals surface area contributed by atoms with E-state index in [1.165, 1.54) is 0 Å². The van der Waals surface area contributed by atoms with Gasteiger partial charge in [0.25, 0.3) is 5.56 Å². The van der Waals surface area contributed by atoms with Crippen LogP contribution in [0.2, 0.25) is 0 Å². The molecule has 5 rings (SSSR count). The van der Waals surface area contributed by atoms with Crippen LogP contribution in [-0.2, 0) is 39.4 Å². The molecule has 2 aromatic heterocycles. The topological polar surface area (TPSA) is 148 Å². The highest BCUT2D eigenvalue weighted by atomic mass is 16.5. The van der Waals surface area contributed by atoms with E-state index in [1.54, 1.807) is 23.6 Å². The number of nitrogens with one attached hydrogen (secondary N) is 1. The number of fused-ring (bicyclic) bond motifs is 5. The molecule has 0 bridgehead atoms. The zero-order chi connectivity index (χ0) is 33.0. The summed E-state index contributed by atoms with van der Waals surface area (Å²) in [6.07, 6.45) is 6.02. The van der Waals surface area contributed by atoms with Gasteiger partial charge in [0, 0.05) is 52.9 Å². The van der Waals surface area contributed by atoms with Gasteiger partial charge in [-0.25, -0.2) is 4.98 Å². The van der Waals surface area contributed by atoms with Crippen molar-refractivity contribution < 1.29 is 29.3 Å². The fourth-order valence-electron chi connectivity index (χ4n) is 6.69. The second kappa shape index (κ2) is 14.4. The van der Waals surface area contributed by atoms with Gasteiger partial charge in [0.05, 0.1) is 23.4 Å². The second-order valence-electron chi connectivity index (χ2n) is 12.9. The highest BCUT2D eigenvalue weighted by molar-refractivity contribution is 5.92. The molecule has 0 fully saturated rings. The fourth-order valence-corrected chi connectivity index (χ4v) is 6.69. The first-order valence-corrected chi connectivity index (χ1v) is 16.6. The van der Waals surface area contributed by atoms with Crippen molar-refractivity contribution in [1.82, 2.24) is 14.9 Å². The number of aromatic nitrogens is 2. The first kappa shape index (κ1) is 33.6. The lowest BCUT2D eigenvalue weighted by Gasteiger charge is -2.32. The quantitative estimate of drug-likeness (QED) is 0.0994. The van der Waals surface area contributed by atoms with Crippen LogP contribution in [0.15, 0.2) is 29.1 Å². The third kappa shape index (κ3) is 6.84. The molecule has 0 amide bonds. The summed E-state index contributed by atoms with van der Waals surface area (Å²) >= 11 is 0. The maximum absolute atomic E-state index is 13.6. The van der Waals surface area contributed by atoms with Crippen LogP contribution < -0.4 is 15.6 Å². The first-order valence-electron chi connectivity index (χ1n) is 16.6. The van der Waals surface area contributed by atoms with Gasteiger partial charge in [0.15, 0.2) is 11.6 Å². The number of benzene rings is 1. The minimum Gasteiger partial charge on any atom is -0.426 e. The van der Waals surface area contributed by atoms with Gasteiger partial charge in [-0.05, 0) is 62.9 Å². The van der Waals surface area contributed by atoms with Gasteiger partial charge in [-0.1, -0.05) is 40.0 Å². The zero-order valence-electron chi connectivity index (χ0n) is 27.1. The molecule has 246 valence electrons. The average molecular weight is 632 g/mol. The van der Waals surface area contributed by atoms with Crippen LogP contribution in [-0.4, -0.2) is 56.5 Å². The number of nitrogens with zero attached hydrogens (tertiary/aromatic N) is 2. The highest BCUT2D eigenvalue weighted by Gasteiger charge is 2.43. The molecular weight excluding hydrogens is 586 g/mol. The second-order valence-corrected chi connectivity index (χ2v) is 12.9. The van der Waals surface area contributed by atoms with Crippen LogP contribution in [0.1, 0.15) is 101 Å². The van der Waals surface area contributed by atoms with Crippen LogP contribution in [0.25, 0.3) is 22.3 Å². The third-order valence-corrected chi connectivity index (χ3v) is 9.30. The van der Waals surface area contributed by atoms with E-state index in [9.17, 15) is 24.3 Å². The summed E-state index contributed by atoms with van der Waals surface area (Å²) in [5, 5.41) is 24.4. The molecule has 10 nitrogen and oxygen atoms in total. The summed E-state index contributed by atoms with van der Waals surface area (Å²) < 4.78 is 7.60. The van der Waals surface area contributed by atoms with Crippen LogP contribution in [0.5, 0.6) is 5.75 Å². The number of aliphatic hydroxyl groups is 2. The maximum atomic E-state index is 13.6. The van der Waals surface area contributed by atoms with Gasteiger partial charge in [-0.3, -0.25) is 19.2 Å². The number of pyridine rings is 2. The summed E-state index contributed by atoms with van der Waals surface area (Å²) in [5.74, 6) is -0.199. The van der Waals surface area contributed by atoms with Gasteiger partial charge in [0.1, 0.15) is 18.0 Å². The third-order valence-electron chi connectivity index (χ3n) is 9.30. The SMILES string of the molecule is CC[C@@]1(O)C(=O)CCc2c1cc1n(c2=O)Cc2cc3c(CCNC(C)C)c(OC(=O)CCCCCCCC(=O)CO)ccc3nc2-1. The van der Waals surface area contributed by atoms with Gasteiger partial charge in [-0.2, -0.15) is 0 Å². The Morgan fingerprint density at radius 3 is 2.52 bits per heavy atom. The number of aliphatic hydroxyl groups excluding tert-OH is 1. The summed E-state index contributed by atoms with van der Waals surface area (Å²) in [6.45, 7) is 6.50. The summed E-state index contributed by atoms with van der Waals surface area (Å²) in [5.41, 5.74) is 2.73. The Bertz CT molecular complexity index is 1710. The molecule has 3 aromatic rings. The number of esters is 1. The minimum atomic E-state index is -1.67. The number of unbranched alkanes of at least 4 members (excludes halogenated alkanes) is 4. The van der Waals surface area contributed by atoms with Crippen molar-refractivity contribution in [1.29, 1.82) is 0 Å². The van der Waals surface area contributed by atoms with E-state index < -0.39 is 12.2 Å². The summed E-state index contributed by atoms with van der Waals surface area (Å²) in [4.78, 5) is 55.5. The average Bonchev–Trinajstić information content (AvgIpc) is 3.40. The minimum absolute atomic E-state index is 0.141. The first-order chi connectivity index (χ1) is 22.1. The lowest BCUT2D eigenvalue weighted by molar-refractivity contribution is -0.140. The van der Waals surface area contributed by atoms with E-state index >= 15 is 0 Å². The van der Waals surface area contributed by atoms with E-state index in [0.717, 1.165) is 42.2 Å². The Labute approximate surface area is 269 Å². The Morgan fingerprint density at radius 1 is 1.07 bits per heavy atom. The number of carbonyl (C=O) groups excluding carboxylic acids is 3. The van der Waals surface area contributed by atoms with E-state index in [-0.39, 0.29) is 48.4 Å². The molecular formula is C36H45N3O7. The predicted molar refractivity (Wildman–Crippen MR) is 175 cm³/mol. The van der Waals surface area contributed by atoms with Crippen LogP contribution in [0, 0.1) is 0 Å². The lowest BCUT2D eigenvalue weighted by atomic mass is 9.77. The number of hydrogen-bond acceptors (Lipinski definition) is 9. The Morgan fingerprint density at radius 2 is 1.80 bits per heavy atom. The van der Waals surface area contributed by atoms with E-state index in [2.05, 4.69) is 19.2 Å². The molecule has 0 spiro atoms. The molecule has 1 aliphatic heterocycles.